The summed E-state index contributed by atoms with van der Waals surface area (Å²) in [4.78, 5) is 25.1. The number of ether oxygens (including phenoxy) is 2. The molecular weight excluding hydrogens is 402 g/mol. The Balaban J connectivity index is 0.000000240. The number of rotatable bonds is 4. The number of aldehydes is 1. The average molecular weight is 412 g/mol. The molecule has 24 heavy (non-hydrogen) atoms. The van der Waals surface area contributed by atoms with Gasteiger partial charge >= 0.3 is 0 Å². The van der Waals surface area contributed by atoms with Crippen molar-refractivity contribution in [2.24, 2.45) is 0 Å². The number of carbonyl (C=O) groups is 1. The zero-order chi connectivity index (χ0) is 18.3. The van der Waals surface area contributed by atoms with Crippen LogP contribution in [0.25, 0.3) is 6.08 Å². The number of hydrogen-bond donors (Lipinski definition) is 0. The van der Waals surface area contributed by atoms with Gasteiger partial charge in [-0.3, -0.25) is 4.79 Å². The van der Waals surface area contributed by atoms with Crippen molar-refractivity contribution in [2.75, 3.05) is 14.2 Å². The lowest BCUT2D eigenvalue weighted by Gasteiger charge is -2.04. The molecule has 2 rings (SSSR count). The number of carbonyl (C=O) groups excluding carboxylic acids is 1. The van der Waals surface area contributed by atoms with Crippen LogP contribution in [0.4, 0.5) is 0 Å². The topological polar surface area (TPSA) is 87.1 Å². The Labute approximate surface area is 157 Å². The van der Waals surface area contributed by atoms with Crippen molar-refractivity contribution >= 4 is 58.8 Å². The number of hydrogen-bond acceptors (Lipinski definition) is 7. The fourth-order valence-electron chi connectivity index (χ4n) is 1.42. The van der Waals surface area contributed by atoms with Crippen LogP contribution in [-0.4, -0.2) is 40.4 Å². The minimum absolute atomic E-state index is 0.0274. The lowest BCUT2D eigenvalue weighted by molar-refractivity contribution is 0.111. The molecule has 0 aliphatic rings. The van der Waals surface area contributed by atoms with E-state index in [0.717, 1.165) is 0 Å². The van der Waals surface area contributed by atoms with Gasteiger partial charge in [-0.2, -0.15) is 0 Å². The first-order valence-corrected chi connectivity index (χ1v) is 7.50. The minimum atomic E-state index is -0.0806. The van der Waals surface area contributed by atoms with Crippen LogP contribution in [0.5, 0.6) is 11.5 Å². The van der Waals surface area contributed by atoms with Gasteiger partial charge in [-0.25, -0.2) is 19.9 Å². The van der Waals surface area contributed by atoms with Gasteiger partial charge in [0.15, 0.2) is 33.8 Å². The van der Waals surface area contributed by atoms with E-state index in [1.54, 1.807) is 0 Å². The molecule has 0 saturated heterocycles. The van der Waals surface area contributed by atoms with Gasteiger partial charge in [-0.05, 0) is 29.3 Å². The first-order valence-electron chi connectivity index (χ1n) is 5.99. The Bertz CT molecular complexity index is 695. The summed E-state index contributed by atoms with van der Waals surface area (Å²) in [5.74, 6) is 0.520. The summed E-state index contributed by atoms with van der Waals surface area (Å²) >= 11 is 22.3. The second-order valence-corrected chi connectivity index (χ2v) is 5.12. The fraction of sp³-hybridized carbons (Fsp3) is 0.154. The molecule has 0 N–H and O–H groups in total. The zero-order valence-electron chi connectivity index (χ0n) is 12.4. The molecule has 0 unspecified atom stereocenters. The molecule has 11 heteroatoms. The Morgan fingerprint density at radius 2 is 1.25 bits per heavy atom. The molecule has 0 atom stereocenters. The minimum Gasteiger partial charge on any atom is -0.491 e. The Morgan fingerprint density at radius 1 is 0.833 bits per heavy atom. The van der Waals surface area contributed by atoms with Crippen LogP contribution < -0.4 is 9.47 Å². The predicted octanol–water partition coefficient (Wildman–Crippen LogP) is 4.04. The Hall–Kier alpha value is -1.67. The maximum atomic E-state index is 10.4. The van der Waals surface area contributed by atoms with Crippen LogP contribution in [0.3, 0.4) is 0 Å². The van der Waals surface area contributed by atoms with Crippen LogP contribution >= 0.6 is 46.4 Å². The van der Waals surface area contributed by atoms with Gasteiger partial charge < -0.3 is 9.47 Å². The van der Waals surface area contributed by atoms with Crippen molar-refractivity contribution in [1.82, 2.24) is 19.9 Å². The summed E-state index contributed by atoms with van der Waals surface area (Å²) in [5.41, 5.74) is 0.532. The third-order valence-electron chi connectivity index (χ3n) is 2.36. The summed E-state index contributed by atoms with van der Waals surface area (Å²) in [7, 11) is 2.84. The summed E-state index contributed by atoms with van der Waals surface area (Å²) in [6.07, 6.45) is 2.00. The van der Waals surface area contributed by atoms with E-state index in [1.807, 2.05) is 0 Å². The summed E-state index contributed by atoms with van der Waals surface area (Å²) < 4.78 is 9.71. The van der Waals surface area contributed by atoms with Gasteiger partial charge in [0.2, 0.25) is 10.6 Å². The molecule has 0 aliphatic heterocycles. The van der Waals surface area contributed by atoms with Crippen LogP contribution in [0.1, 0.15) is 16.2 Å². The van der Waals surface area contributed by atoms with Crippen LogP contribution in [0.15, 0.2) is 6.58 Å². The molecule has 2 heterocycles. The van der Waals surface area contributed by atoms with Gasteiger partial charge in [0.1, 0.15) is 5.69 Å². The molecule has 0 aliphatic carbocycles. The third kappa shape index (κ3) is 5.17. The molecule has 2 aromatic heterocycles. The molecule has 0 fully saturated rings. The molecule has 0 bridgehead atoms. The van der Waals surface area contributed by atoms with E-state index in [2.05, 4.69) is 26.5 Å². The summed E-state index contributed by atoms with van der Waals surface area (Å²) in [6, 6.07) is 0. The van der Waals surface area contributed by atoms with Crippen molar-refractivity contribution < 1.29 is 14.3 Å². The van der Waals surface area contributed by atoms with Gasteiger partial charge in [0.25, 0.3) is 0 Å². The van der Waals surface area contributed by atoms with Gasteiger partial charge in [-0.1, -0.05) is 29.8 Å². The quantitative estimate of drug-likeness (QED) is 0.426. The molecule has 0 aromatic carbocycles. The van der Waals surface area contributed by atoms with E-state index in [0.29, 0.717) is 17.7 Å². The highest BCUT2D eigenvalue weighted by atomic mass is 35.5. The number of methoxy groups -OCH3 is 2. The number of nitrogens with zero attached hydrogens (tertiary/aromatic N) is 4. The van der Waals surface area contributed by atoms with Crippen molar-refractivity contribution in [3.05, 3.63) is 38.8 Å². The largest absolute Gasteiger partial charge is 0.491 e. The lowest BCUT2D eigenvalue weighted by Crippen LogP contribution is -1.97. The van der Waals surface area contributed by atoms with Gasteiger partial charge in [-0.15, -0.1) is 0 Å². The van der Waals surface area contributed by atoms with Crippen LogP contribution in [0.2, 0.25) is 20.9 Å². The monoisotopic (exact) mass is 410 g/mol. The average Bonchev–Trinajstić information content (AvgIpc) is 2.54. The molecular formula is C13H10Cl4N4O3. The molecule has 0 saturated carbocycles. The van der Waals surface area contributed by atoms with Gasteiger partial charge in [0, 0.05) is 0 Å². The molecule has 0 radical (unpaired) electrons. The van der Waals surface area contributed by atoms with E-state index in [9.17, 15) is 4.79 Å². The van der Waals surface area contributed by atoms with Crippen molar-refractivity contribution in [3.8, 4) is 11.5 Å². The molecule has 0 spiro atoms. The second-order valence-electron chi connectivity index (χ2n) is 3.73. The van der Waals surface area contributed by atoms with Crippen LogP contribution in [0, 0.1) is 0 Å². The maximum Gasteiger partial charge on any atom is 0.224 e. The third-order valence-corrected chi connectivity index (χ3v) is 3.21. The normalized spacial score (nSPS) is 9.58. The first kappa shape index (κ1) is 20.4. The van der Waals surface area contributed by atoms with E-state index in [4.69, 9.17) is 55.9 Å². The van der Waals surface area contributed by atoms with Crippen molar-refractivity contribution in [1.29, 1.82) is 0 Å². The molecule has 128 valence electrons. The highest BCUT2D eigenvalue weighted by molar-refractivity contribution is 6.33. The number of aromatic nitrogens is 4. The molecule has 7 nitrogen and oxygen atoms in total. The van der Waals surface area contributed by atoms with E-state index < -0.39 is 0 Å². The first-order chi connectivity index (χ1) is 11.4. The smallest absolute Gasteiger partial charge is 0.224 e. The maximum absolute atomic E-state index is 10.4. The highest BCUT2D eigenvalue weighted by Crippen LogP contribution is 2.27. The predicted molar refractivity (Wildman–Crippen MR) is 92.7 cm³/mol. The summed E-state index contributed by atoms with van der Waals surface area (Å²) in [5, 5.41) is 0.214. The number of halogens is 4. The Morgan fingerprint density at radius 3 is 1.62 bits per heavy atom. The van der Waals surface area contributed by atoms with E-state index in [-0.39, 0.29) is 32.3 Å². The fourth-order valence-corrected chi connectivity index (χ4v) is 2.37. The van der Waals surface area contributed by atoms with Crippen molar-refractivity contribution in [3.63, 3.8) is 0 Å². The standard InChI is InChI=1S/C7H6Cl2N2O.C6H4Cl2N2O2/c1-3-4-5(12-2)6(8)11-7(9)10-4;1-12-4-3(2-11)9-6(8)10-5(4)7/h3H,1H2,2H3;2H,1H3. The van der Waals surface area contributed by atoms with Crippen LogP contribution in [-0.2, 0) is 0 Å². The van der Waals surface area contributed by atoms with E-state index in [1.165, 1.54) is 20.3 Å². The SMILES string of the molecule is C=Cc1nc(Cl)nc(Cl)c1OC.COc1c(Cl)nc(Cl)nc1C=O. The van der Waals surface area contributed by atoms with E-state index >= 15 is 0 Å². The molecule has 0 amide bonds. The molecule has 2 aromatic rings. The van der Waals surface area contributed by atoms with Crippen molar-refractivity contribution in [2.45, 2.75) is 0 Å². The van der Waals surface area contributed by atoms with Gasteiger partial charge in [0.05, 0.1) is 14.2 Å². The lowest BCUT2D eigenvalue weighted by atomic mass is 10.4. The summed E-state index contributed by atoms with van der Waals surface area (Å²) in [6.45, 7) is 3.53. The zero-order valence-corrected chi connectivity index (χ0v) is 15.4. The Kier molecular flexibility index (Phi) is 8.14. The second kappa shape index (κ2) is 9.58. The highest BCUT2D eigenvalue weighted by Gasteiger charge is 2.11.